The van der Waals surface area contributed by atoms with Gasteiger partial charge in [0.25, 0.3) is 5.91 Å². The van der Waals surface area contributed by atoms with Gasteiger partial charge >= 0.3 is 0 Å². The summed E-state index contributed by atoms with van der Waals surface area (Å²) in [7, 11) is 0. The van der Waals surface area contributed by atoms with Gasteiger partial charge in [-0.25, -0.2) is 0 Å². The minimum atomic E-state index is -0.0568. The molecule has 110 valence electrons. The largest absolute Gasteiger partial charge is 0.346 e. The SMILES string of the molecule is O=C(NCc1ccn[nH]1)c1ccc(CC2CCNC2)cc1. The van der Waals surface area contributed by atoms with Gasteiger partial charge in [-0.2, -0.15) is 5.10 Å². The average Bonchev–Trinajstić information content (AvgIpc) is 3.19. The Hall–Kier alpha value is -2.14. The molecule has 3 rings (SSSR count). The molecule has 2 heterocycles. The highest BCUT2D eigenvalue weighted by Gasteiger charge is 2.15. The highest BCUT2D eigenvalue weighted by molar-refractivity contribution is 5.94. The molecule has 0 aliphatic carbocycles. The Morgan fingerprint density at radius 2 is 2.14 bits per heavy atom. The van der Waals surface area contributed by atoms with Crippen LogP contribution in [0.2, 0.25) is 0 Å². The second-order valence-corrected chi connectivity index (χ2v) is 5.52. The summed E-state index contributed by atoms with van der Waals surface area (Å²) in [5.41, 5.74) is 2.89. The molecule has 0 radical (unpaired) electrons. The maximum absolute atomic E-state index is 12.0. The Bertz CT molecular complexity index is 571. The molecule has 5 heteroatoms. The van der Waals surface area contributed by atoms with Crippen LogP contribution in [-0.4, -0.2) is 29.2 Å². The number of rotatable bonds is 5. The van der Waals surface area contributed by atoms with Crippen molar-refractivity contribution in [1.29, 1.82) is 0 Å². The Labute approximate surface area is 124 Å². The third-order valence-corrected chi connectivity index (χ3v) is 3.90. The van der Waals surface area contributed by atoms with E-state index in [0.29, 0.717) is 12.1 Å². The molecule has 1 aliphatic heterocycles. The Kier molecular flexibility index (Phi) is 4.31. The molecule has 1 amide bonds. The molecule has 1 fully saturated rings. The van der Waals surface area contributed by atoms with Crippen LogP contribution in [0.4, 0.5) is 0 Å². The van der Waals surface area contributed by atoms with E-state index in [1.54, 1.807) is 6.20 Å². The van der Waals surface area contributed by atoms with E-state index >= 15 is 0 Å². The van der Waals surface area contributed by atoms with E-state index in [9.17, 15) is 4.79 Å². The quantitative estimate of drug-likeness (QED) is 0.779. The number of H-pyrrole nitrogens is 1. The number of benzene rings is 1. The summed E-state index contributed by atoms with van der Waals surface area (Å²) < 4.78 is 0. The molecule has 1 unspecified atom stereocenters. The Balaban J connectivity index is 1.54. The van der Waals surface area contributed by atoms with Gasteiger partial charge in [-0.3, -0.25) is 9.89 Å². The molecule has 1 atom stereocenters. The summed E-state index contributed by atoms with van der Waals surface area (Å²) in [5.74, 6) is 0.670. The van der Waals surface area contributed by atoms with Gasteiger partial charge in [-0.1, -0.05) is 12.1 Å². The predicted molar refractivity (Wildman–Crippen MR) is 80.9 cm³/mol. The molecular formula is C16H20N4O. The van der Waals surface area contributed by atoms with Crippen LogP contribution < -0.4 is 10.6 Å². The highest BCUT2D eigenvalue weighted by atomic mass is 16.1. The molecule has 0 bridgehead atoms. The van der Waals surface area contributed by atoms with Gasteiger partial charge in [-0.05, 0) is 55.6 Å². The van der Waals surface area contributed by atoms with Gasteiger partial charge in [0.15, 0.2) is 0 Å². The minimum Gasteiger partial charge on any atom is -0.346 e. The summed E-state index contributed by atoms with van der Waals surface area (Å²) in [4.78, 5) is 12.0. The number of amides is 1. The monoisotopic (exact) mass is 284 g/mol. The lowest BCUT2D eigenvalue weighted by Gasteiger charge is -2.09. The number of carbonyl (C=O) groups excluding carboxylic acids is 1. The zero-order valence-corrected chi connectivity index (χ0v) is 11.9. The van der Waals surface area contributed by atoms with Gasteiger partial charge in [0.05, 0.1) is 12.2 Å². The topological polar surface area (TPSA) is 69.8 Å². The number of carbonyl (C=O) groups is 1. The van der Waals surface area contributed by atoms with Crippen molar-refractivity contribution in [3.05, 3.63) is 53.3 Å². The number of nitrogens with one attached hydrogen (secondary N) is 3. The van der Waals surface area contributed by atoms with E-state index < -0.39 is 0 Å². The molecule has 5 nitrogen and oxygen atoms in total. The van der Waals surface area contributed by atoms with Gasteiger partial charge in [0.1, 0.15) is 0 Å². The summed E-state index contributed by atoms with van der Waals surface area (Å²) >= 11 is 0. The first kappa shape index (κ1) is 13.8. The lowest BCUT2D eigenvalue weighted by Crippen LogP contribution is -2.23. The van der Waals surface area contributed by atoms with Crippen LogP contribution in [0.15, 0.2) is 36.5 Å². The Morgan fingerprint density at radius 1 is 1.29 bits per heavy atom. The van der Waals surface area contributed by atoms with E-state index in [-0.39, 0.29) is 5.91 Å². The summed E-state index contributed by atoms with van der Waals surface area (Å²) in [6.07, 6.45) is 4.00. The number of hydrogen-bond acceptors (Lipinski definition) is 3. The fourth-order valence-electron chi connectivity index (χ4n) is 2.67. The first-order valence-electron chi connectivity index (χ1n) is 7.37. The molecule has 0 spiro atoms. The normalized spacial score (nSPS) is 17.8. The number of aromatic nitrogens is 2. The van der Waals surface area contributed by atoms with Crippen LogP contribution in [0.25, 0.3) is 0 Å². The molecule has 1 aromatic heterocycles. The minimum absolute atomic E-state index is 0.0568. The van der Waals surface area contributed by atoms with Crippen molar-refractivity contribution in [1.82, 2.24) is 20.8 Å². The van der Waals surface area contributed by atoms with Crippen molar-refractivity contribution < 1.29 is 4.79 Å². The molecule has 3 N–H and O–H groups in total. The average molecular weight is 284 g/mol. The predicted octanol–water partition coefficient (Wildman–Crippen LogP) is 1.49. The van der Waals surface area contributed by atoms with Crippen LogP contribution in [0.5, 0.6) is 0 Å². The first-order chi connectivity index (χ1) is 10.3. The number of nitrogens with zero attached hydrogens (tertiary/aromatic N) is 1. The molecule has 0 saturated carbocycles. The van der Waals surface area contributed by atoms with Crippen molar-refractivity contribution in [2.75, 3.05) is 13.1 Å². The van der Waals surface area contributed by atoms with E-state index in [4.69, 9.17) is 0 Å². The van der Waals surface area contributed by atoms with E-state index in [2.05, 4.69) is 33.0 Å². The molecule has 1 aromatic carbocycles. The summed E-state index contributed by atoms with van der Waals surface area (Å²) in [6.45, 7) is 2.69. The smallest absolute Gasteiger partial charge is 0.251 e. The fourth-order valence-corrected chi connectivity index (χ4v) is 2.67. The standard InChI is InChI=1S/C16H20N4O/c21-16(18-11-15-6-8-19-20-15)14-3-1-12(2-4-14)9-13-5-7-17-10-13/h1-4,6,8,13,17H,5,7,9-11H2,(H,18,21)(H,19,20). The van der Waals surface area contributed by atoms with Crippen LogP contribution in [0.3, 0.4) is 0 Å². The zero-order valence-electron chi connectivity index (χ0n) is 11.9. The van der Waals surface area contributed by atoms with Crippen LogP contribution in [0, 0.1) is 5.92 Å². The number of aromatic amines is 1. The lowest BCUT2D eigenvalue weighted by molar-refractivity contribution is 0.0950. The van der Waals surface area contributed by atoms with E-state index in [1.165, 1.54) is 12.0 Å². The molecule has 1 aliphatic rings. The van der Waals surface area contributed by atoms with Crippen molar-refractivity contribution >= 4 is 5.91 Å². The third-order valence-electron chi connectivity index (χ3n) is 3.90. The van der Waals surface area contributed by atoms with Crippen LogP contribution >= 0.6 is 0 Å². The highest BCUT2D eigenvalue weighted by Crippen LogP contribution is 2.15. The zero-order chi connectivity index (χ0) is 14.5. The molecule has 21 heavy (non-hydrogen) atoms. The van der Waals surface area contributed by atoms with Crippen molar-refractivity contribution in [2.45, 2.75) is 19.4 Å². The van der Waals surface area contributed by atoms with Crippen LogP contribution in [0.1, 0.15) is 28.0 Å². The maximum Gasteiger partial charge on any atom is 0.251 e. The van der Waals surface area contributed by atoms with Gasteiger partial charge in [-0.15, -0.1) is 0 Å². The number of hydrogen-bond donors (Lipinski definition) is 3. The first-order valence-corrected chi connectivity index (χ1v) is 7.37. The molecule has 2 aromatic rings. The van der Waals surface area contributed by atoms with Crippen molar-refractivity contribution in [3.8, 4) is 0 Å². The summed E-state index contributed by atoms with van der Waals surface area (Å²) in [6, 6.07) is 9.77. The van der Waals surface area contributed by atoms with Gasteiger partial charge < -0.3 is 10.6 Å². The van der Waals surface area contributed by atoms with Gasteiger partial charge in [0, 0.05) is 11.8 Å². The van der Waals surface area contributed by atoms with Crippen molar-refractivity contribution in [2.24, 2.45) is 5.92 Å². The van der Waals surface area contributed by atoms with Gasteiger partial charge in [0.2, 0.25) is 0 Å². The maximum atomic E-state index is 12.0. The lowest BCUT2D eigenvalue weighted by atomic mass is 9.98. The summed E-state index contributed by atoms with van der Waals surface area (Å²) in [5, 5.41) is 12.9. The Morgan fingerprint density at radius 3 is 2.81 bits per heavy atom. The van der Waals surface area contributed by atoms with Crippen molar-refractivity contribution in [3.63, 3.8) is 0 Å². The molecule has 1 saturated heterocycles. The van der Waals surface area contributed by atoms with Crippen LogP contribution in [-0.2, 0) is 13.0 Å². The third kappa shape index (κ3) is 3.70. The van der Waals surface area contributed by atoms with E-state index in [1.807, 2.05) is 18.2 Å². The second-order valence-electron chi connectivity index (χ2n) is 5.52. The second kappa shape index (κ2) is 6.54. The molecular weight excluding hydrogens is 264 g/mol. The fraction of sp³-hybridized carbons (Fsp3) is 0.375. The van der Waals surface area contributed by atoms with E-state index in [0.717, 1.165) is 31.1 Å².